The van der Waals surface area contributed by atoms with Gasteiger partial charge in [-0.05, 0) is 32.1 Å². The average Bonchev–Trinajstić information content (AvgIpc) is 2.45. The zero-order chi connectivity index (χ0) is 15.0. The summed E-state index contributed by atoms with van der Waals surface area (Å²) in [5, 5.41) is 2.77. The van der Waals surface area contributed by atoms with Gasteiger partial charge in [-0.2, -0.15) is 0 Å². The molecule has 1 aromatic carbocycles. The van der Waals surface area contributed by atoms with Gasteiger partial charge in [-0.25, -0.2) is 0 Å². The van der Waals surface area contributed by atoms with Crippen LogP contribution in [0.4, 0.5) is 5.69 Å². The fourth-order valence-corrected chi connectivity index (χ4v) is 1.77. The normalized spacial score (nSPS) is 11.1. The fourth-order valence-electron chi connectivity index (χ4n) is 1.77. The molecule has 0 saturated heterocycles. The summed E-state index contributed by atoms with van der Waals surface area (Å²) in [4.78, 5) is 13.9. The van der Waals surface area contributed by atoms with Gasteiger partial charge in [-0.15, -0.1) is 24.8 Å². The molecule has 0 saturated carbocycles. The molecule has 22 heavy (non-hydrogen) atoms. The SMILES string of the molecule is CCN(CC)CCOc1ccccc1NC(=O)C(C)N.Cl.Cl. The molecule has 0 radical (unpaired) electrons. The minimum Gasteiger partial charge on any atom is -0.490 e. The molecule has 0 aliphatic carbocycles. The summed E-state index contributed by atoms with van der Waals surface area (Å²) in [5.41, 5.74) is 6.21. The Hall–Kier alpha value is -1.01. The van der Waals surface area contributed by atoms with Crippen LogP contribution >= 0.6 is 24.8 Å². The number of nitrogens with two attached hydrogens (primary N) is 1. The Morgan fingerprint density at radius 2 is 1.86 bits per heavy atom. The van der Waals surface area contributed by atoms with Gasteiger partial charge in [0.25, 0.3) is 0 Å². The molecule has 0 bridgehead atoms. The van der Waals surface area contributed by atoms with Crippen molar-refractivity contribution in [3.8, 4) is 5.75 Å². The molecule has 0 aliphatic heterocycles. The first-order chi connectivity index (χ1) is 9.58. The van der Waals surface area contributed by atoms with E-state index in [1.54, 1.807) is 6.92 Å². The smallest absolute Gasteiger partial charge is 0.241 e. The third kappa shape index (κ3) is 7.84. The molecule has 0 fully saturated rings. The third-order valence-electron chi connectivity index (χ3n) is 3.12. The predicted molar refractivity (Wildman–Crippen MR) is 96.5 cm³/mol. The second kappa shape index (κ2) is 12.5. The Labute approximate surface area is 145 Å². The second-order valence-corrected chi connectivity index (χ2v) is 4.65. The topological polar surface area (TPSA) is 67.6 Å². The highest BCUT2D eigenvalue weighted by Crippen LogP contribution is 2.23. The number of nitrogens with zero attached hydrogens (tertiary/aromatic N) is 1. The van der Waals surface area contributed by atoms with Gasteiger partial charge in [-0.1, -0.05) is 26.0 Å². The number of para-hydroxylation sites is 2. The number of ether oxygens (including phenoxy) is 1. The van der Waals surface area contributed by atoms with E-state index in [0.29, 0.717) is 18.0 Å². The van der Waals surface area contributed by atoms with E-state index in [-0.39, 0.29) is 30.7 Å². The van der Waals surface area contributed by atoms with Crippen molar-refractivity contribution in [3.05, 3.63) is 24.3 Å². The van der Waals surface area contributed by atoms with Gasteiger partial charge in [0.1, 0.15) is 12.4 Å². The molecule has 1 atom stereocenters. The lowest BCUT2D eigenvalue weighted by Gasteiger charge is -2.19. The summed E-state index contributed by atoms with van der Waals surface area (Å²) < 4.78 is 5.75. The lowest BCUT2D eigenvalue weighted by molar-refractivity contribution is -0.117. The molecule has 5 nitrogen and oxygen atoms in total. The van der Waals surface area contributed by atoms with Crippen LogP contribution in [-0.4, -0.2) is 43.1 Å². The Morgan fingerprint density at radius 1 is 1.27 bits per heavy atom. The highest BCUT2D eigenvalue weighted by atomic mass is 35.5. The van der Waals surface area contributed by atoms with E-state index in [1.165, 1.54) is 0 Å². The number of hydrogen-bond acceptors (Lipinski definition) is 4. The third-order valence-corrected chi connectivity index (χ3v) is 3.12. The molecule has 0 aliphatic rings. The number of likely N-dealkylation sites (N-methyl/N-ethyl adjacent to an activating group) is 1. The van der Waals surface area contributed by atoms with Crippen LogP contribution in [0.5, 0.6) is 5.75 Å². The zero-order valence-corrected chi connectivity index (χ0v) is 15.0. The molecule has 1 unspecified atom stereocenters. The highest BCUT2D eigenvalue weighted by Gasteiger charge is 2.11. The minimum atomic E-state index is -0.543. The van der Waals surface area contributed by atoms with Gasteiger partial charge in [-0.3, -0.25) is 4.79 Å². The van der Waals surface area contributed by atoms with Gasteiger partial charge in [0.05, 0.1) is 11.7 Å². The molecule has 0 heterocycles. The highest BCUT2D eigenvalue weighted by molar-refractivity contribution is 5.95. The van der Waals surface area contributed by atoms with Gasteiger partial charge < -0.3 is 20.7 Å². The van der Waals surface area contributed by atoms with Crippen molar-refractivity contribution in [3.63, 3.8) is 0 Å². The van der Waals surface area contributed by atoms with E-state index in [1.807, 2.05) is 24.3 Å². The molecule has 1 rings (SSSR count). The first-order valence-corrected chi connectivity index (χ1v) is 7.09. The number of nitrogens with one attached hydrogen (secondary N) is 1. The Kier molecular flexibility index (Phi) is 13.2. The molecule has 1 aromatic rings. The molecule has 0 aromatic heterocycles. The number of halogens is 2. The summed E-state index contributed by atoms with van der Waals surface area (Å²) in [6.45, 7) is 9.36. The number of anilines is 1. The lowest BCUT2D eigenvalue weighted by atomic mass is 10.2. The van der Waals surface area contributed by atoms with E-state index in [0.717, 1.165) is 19.6 Å². The van der Waals surface area contributed by atoms with Crippen molar-refractivity contribution < 1.29 is 9.53 Å². The van der Waals surface area contributed by atoms with E-state index in [4.69, 9.17) is 10.5 Å². The zero-order valence-electron chi connectivity index (χ0n) is 13.4. The monoisotopic (exact) mass is 351 g/mol. The molecule has 128 valence electrons. The number of carbonyl (C=O) groups excluding carboxylic acids is 1. The van der Waals surface area contributed by atoms with Gasteiger partial charge in [0, 0.05) is 6.54 Å². The quantitative estimate of drug-likeness (QED) is 0.755. The van der Waals surface area contributed by atoms with E-state index in [9.17, 15) is 4.79 Å². The standard InChI is InChI=1S/C15H25N3O2.2ClH/c1-4-18(5-2)10-11-20-14-9-7-6-8-13(14)17-15(19)12(3)16;;/h6-9,12H,4-5,10-11,16H2,1-3H3,(H,17,19);2*1H. The van der Waals surface area contributed by atoms with Crippen molar-refractivity contribution in [2.45, 2.75) is 26.8 Å². The van der Waals surface area contributed by atoms with Crippen molar-refractivity contribution in [2.24, 2.45) is 5.73 Å². The first-order valence-electron chi connectivity index (χ1n) is 7.09. The Bertz CT molecular complexity index is 427. The number of carbonyl (C=O) groups is 1. The first kappa shape index (κ1) is 23.3. The largest absolute Gasteiger partial charge is 0.490 e. The number of amides is 1. The van der Waals surface area contributed by atoms with Crippen LogP contribution in [0.15, 0.2) is 24.3 Å². The molecule has 7 heteroatoms. The fraction of sp³-hybridized carbons (Fsp3) is 0.533. The maximum atomic E-state index is 11.6. The summed E-state index contributed by atoms with van der Waals surface area (Å²) in [6, 6.07) is 6.85. The van der Waals surface area contributed by atoms with Crippen LogP contribution in [0, 0.1) is 0 Å². The van der Waals surface area contributed by atoms with Gasteiger partial charge in [0.15, 0.2) is 0 Å². The maximum Gasteiger partial charge on any atom is 0.241 e. The van der Waals surface area contributed by atoms with Gasteiger partial charge >= 0.3 is 0 Å². The molecule has 3 N–H and O–H groups in total. The molecular weight excluding hydrogens is 325 g/mol. The van der Waals surface area contributed by atoms with Crippen LogP contribution in [0.3, 0.4) is 0 Å². The number of hydrogen-bond donors (Lipinski definition) is 2. The van der Waals surface area contributed by atoms with Crippen molar-refractivity contribution in [1.82, 2.24) is 4.90 Å². The second-order valence-electron chi connectivity index (χ2n) is 4.65. The van der Waals surface area contributed by atoms with Crippen LogP contribution in [0.1, 0.15) is 20.8 Å². The summed E-state index contributed by atoms with van der Waals surface area (Å²) in [7, 11) is 0. The van der Waals surface area contributed by atoms with Crippen LogP contribution in [0.25, 0.3) is 0 Å². The number of rotatable bonds is 8. The van der Waals surface area contributed by atoms with Crippen molar-refractivity contribution in [2.75, 3.05) is 31.6 Å². The van der Waals surface area contributed by atoms with Crippen LogP contribution in [0.2, 0.25) is 0 Å². The Balaban J connectivity index is 0. The minimum absolute atomic E-state index is 0. The van der Waals surface area contributed by atoms with Crippen molar-refractivity contribution in [1.29, 1.82) is 0 Å². The summed E-state index contributed by atoms with van der Waals surface area (Å²) in [5.74, 6) is 0.457. The summed E-state index contributed by atoms with van der Waals surface area (Å²) >= 11 is 0. The molecular formula is C15H27Cl2N3O2. The van der Waals surface area contributed by atoms with Crippen LogP contribution in [-0.2, 0) is 4.79 Å². The maximum absolute atomic E-state index is 11.6. The molecule has 1 amide bonds. The van der Waals surface area contributed by atoms with Gasteiger partial charge in [0.2, 0.25) is 5.91 Å². The Morgan fingerprint density at radius 3 is 2.41 bits per heavy atom. The predicted octanol–water partition coefficient (Wildman–Crippen LogP) is 2.54. The van der Waals surface area contributed by atoms with E-state index >= 15 is 0 Å². The summed E-state index contributed by atoms with van der Waals surface area (Å²) in [6.07, 6.45) is 0. The lowest BCUT2D eigenvalue weighted by Crippen LogP contribution is -2.32. The molecule has 0 spiro atoms. The van der Waals surface area contributed by atoms with Crippen LogP contribution < -0.4 is 15.8 Å². The van der Waals surface area contributed by atoms with E-state index < -0.39 is 6.04 Å². The number of benzene rings is 1. The average molecular weight is 352 g/mol. The van der Waals surface area contributed by atoms with Crippen molar-refractivity contribution >= 4 is 36.4 Å². The van der Waals surface area contributed by atoms with E-state index in [2.05, 4.69) is 24.1 Å².